The van der Waals surface area contributed by atoms with Crippen LogP contribution in [0.5, 0.6) is 0 Å². The highest BCUT2D eigenvalue weighted by molar-refractivity contribution is 8.19. The second-order valence-corrected chi connectivity index (χ2v) is 8.56. The van der Waals surface area contributed by atoms with Crippen molar-refractivity contribution in [3.63, 3.8) is 0 Å². The first kappa shape index (κ1) is 18.0. The molecule has 2 heterocycles. The van der Waals surface area contributed by atoms with E-state index in [1.165, 1.54) is 17.1 Å². The maximum atomic E-state index is 12.6. The van der Waals surface area contributed by atoms with Crippen LogP contribution in [0.3, 0.4) is 0 Å². The molecule has 6 heteroatoms. The Balaban J connectivity index is 0.00000176. The Morgan fingerprint density at radius 3 is 2.45 bits per heavy atom. The molecule has 0 radical (unpaired) electrons. The minimum absolute atomic E-state index is 0. The third-order valence-electron chi connectivity index (χ3n) is 4.31. The summed E-state index contributed by atoms with van der Waals surface area (Å²) in [5.74, 6) is 3.05. The zero-order valence-electron chi connectivity index (χ0n) is 12.7. The maximum Gasteiger partial charge on any atom is 0.254 e. The lowest BCUT2D eigenvalue weighted by molar-refractivity contribution is 0.0743. The number of likely N-dealkylation sites (tertiary alicyclic amines) is 1. The summed E-state index contributed by atoms with van der Waals surface area (Å²) in [5.41, 5.74) is 7.87. The summed E-state index contributed by atoms with van der Waals surface area (Å²) in [4.78, 5) is 14.6. The van der Waals surface area contributed by atoms with Crippen molar-refractivity contribution >= 4 is 41.8 Å². The van der Waals surface area contributed by atoms with Gasteiger partial charge in [-0.1, -0.05) is 12.1 Å². The van der Waals surface area contributed by atoms with Crippen molar-refractivity contribution in [1.82, 2.24) is 4.90 Å². The van der Waals surface area contributed by atoms with Crippen LogP contribution < -0.4 is 5.73 Å². The van der Waals surface area contributed by atoms with Crippen LogP contribution in [0.4, 0.5) is 0 Å². The summed E-state index contributed by atoms with van der Waals surface area (Å²) in [6, 6.07) is 8.50. The molecular formula is C16H23ClN2OS2. The fourth-order valence-corrected chi connectivity index (χ4v) is 5.96. The monoisotopic (exact) mass is 358 g/mol. The number of amides is 1. The molecule has 22 heavy (non-hydrogen) atoms. The van der Waals surface area contributed by atoms with E-state index >= 15 is 0 Å². The van der Waals surface area contributed by atoms with Crippen molar-refractivity contribution in [2.24, 2.45) is 11.7 Å². The van der Waals surface area contributed by atoms with Crippen LogP contribution in [0, 0.1) is 5.92 Å². The molecule has 3 nitrogen and oxygen atoms in total. The molecule has 0 aliphatic carbocycles. The summed E-state index contributed by atoms with van der Waals surface area (Å²) in [6.45, 7) is 3.59. The van der Waals surface area contributed by atoms with Crippen molar-refractivity contribution in [2.75, 3.05) is 24.6 Å². The minimum Gasteiger partial charge on any atom is -0.336 e. The summed E-state index contributed by atoms with van der Waals surface area (Å²) >= 11 is 3.98. The van der Waals surface area contributed by atoms with E-state index in [0.29, 0.717) is 23.1 Å². The van der Waals surface area contributed by atoms with Gasteiger partial charge in [-0.2, -0.15) is 0 Å². The van der Waals surface area contributed by atoms with Gasteiger partial charge in [0.2, 0.25) is 0 Å². The smallest absolute Gasteiger partial charge is 0.254 e. The fourth-order valence-electron chi connectivity index (χ4n) is 3.10. The van der Waals surface area contributed by atoms with E-state index in [1.54, 1.807) is 0 Å². The van der Waals surface area contributed by atoms with Gasteiger partial charge in [0, 0.05) is 29.7 Å². The van der Waals surface area contributed by atoms with Gasteiger partial charge >= 0.3 is 0 Å². The molecule has 2 N–H and O–H groups in total. The molecule has 3 rings (SSSR count). The zero-order chi connectivity index (χ0) is 14.8. The van der Waals surface area contributed by atoms with Gasteiger partial charge < -0.3 is 10.6 Å². The summed E-state index contributed by atoms with van der Waals surface area (Å²) in [5, 5.41) is 0. The number of hydrogen-bond acceptors (Lipinski definition) is 4. The standard InChI is InChI=1S/C16H22N2OS2.ClH/c1-11-8-12(9-17)10-18(11)15(19)13-2-4-14(5-3-13)16-20-6-7-21-16;/h2-5,11-12,16H,6-10,17H2,1H3;1H. The summed E-state index contributed by atoms with van der Waals surface area (Å²) in [6.07, 6.45) is 1.02. The quantitative estimate of drug-likeness (QED) is 0.899. The van der Waals surface area contributed by atoms with E-state index in [0.717, 1.165) is 18.5 Å². The van der Waals surface area contributed by atoms with Crippen LogP contribution in [0.25, 0.3) is 0 Å². The lowest BCUT2D eigenvalue weighted by Crippen LogP contribution is -2.34. The Kier molecular flexibility index (Phi) is 6.50. The minimum atomic E-state index is 0. The highest BCUT2D eigenvalue weighted by Crippen LogP contribution is 2.45. The Morgan fingerprint density at radius 1 is 1.27 bits per heavy atom. The van der Waals surface area contributed by atoms with E-state index in [4.69, 9.17) is 5.73 Å². The second-order valence-electron chi connectivity index (χ2n) is 5.84. The lowest BCUT2D eigenvalue weighted by atomic mass is 10.1. The number of hydrogen-bond donors (Lipinski definition) is 1. The highest BCUT2D eigenvalue weighted by atomic mass is 35.5. The van der Waals surface area contributed by atoms with Gasteiger partial charge in [-0.05, 0) is 43.5 Å². The van der Waals surface area contributed by atoms with Crippen molar-refractivity contribution in [3.05, 3.63) is 35.4 Å². The predicted octanol–water partition coefficient (Wildman–Crippen LogP) is 3.40. The van der Waals surface area contributed by atoms with Gasteiger partial charge in [-0.25, -0.2) is 0 Å². The Bertz CT molecular complexity index is 505. The molecule has 2 aliphatic rings. The van der Waals surface area contributed by atoms with Crippen molar-refractivity contribution in [2.45, 2.75) is 24.0 Å². The Hall–Kier alpha value is -0.360. The summed E-state index contributed by atoms with van der Waals surface area (Å²) < 4.78 is 0.543. The van der Waals surface area contributed by atoms with Crippen molar-refractivity contribution in [1.29, 1.82) is 0 Å². The fraction of sp³-hybridized carbons (Fsp3) is 0.562. The zero-order valence-corrected chi connectivity index (χ0v) is 15.2. The Labute approximate surface area is 147 Å². The van der Waals surface area contributed by atoms with Gasteiger partial charge in [-0.3, -0.25) is 4.79 Å². The van der Waals surface area contributed by atoms with Crippen LogP contribution in [0.1, 0.15) is 33.8 Å². The maximum absolute atomic E-state index is 12.6. The number of carbonyl (C=O) groups excluding carboxylic acids is 1. The second kappa shape index (κ2) is 7.95. The van der Waals surface area contributed by atoms with Crippen LogP contribution in [0.2, 0.25) is 0 Å². The third kappa shape index (κ3) is 3.75. The molecule has 1 aromatic carbocycles. The van der Waals surface area contributed by atoms with E-state index in [-0.39, 0.29) is 18.3 Å². The molecule has 2 aliphatic heterocycles. The Morgan fingerprint density at radius 2 is 1.91 bits per heavy atom. The molecule has 0 spiro atoms. The van der Waals surface area contributed by atoms with Crippen molar-refractivity contribution in [3.8, 4) is 0 Å². The predicted molar refractivity (Wildman–Crippen MR) is 99.0 cm³/mol. The molecule has 2 saturated heterocycles. The van der Waals surface area contributed by atoms with E-state index in [1.807, 2.05) is 40.6 Å². The average Bonchev–Trinajstić information content (AvgIpc) is 3.16. The molecule has 0 bridgehead atoms. The highest BCUT2D eigenvalue weighted by Gasteiger charge is 2.32. The third-order valence-corrected chi connectivity index (χ3v) is 7.41. The van der Waals surface area contributed by atoms with Crippen LogP contribution in [-0.4, -0.2) is 41.4 Å². The van der Waals surface area contributed by atoms with Gasteiger partial charge in [0.1, 0.15) is 0 Å². The molecule has 0 aromatic heterocycles. The number of benzene rings is 1. The van der Waals surface area contributed by atoms with Gasteiger partial charge in [0.05, 0.1) is 4.58 Å². The molecular weight excluding hydrogens is 336 g/mol. The lowest BCUT2D eigenvalue weighted by Gasteiger charge is -2.22. The number of nitrogens with zero attached hydrogens (tertiary/aromatic N) is 1. The van der Waals surface area contributed by atoms with Gasteiger partial charge in [0.15, 0.2) is 0 Å². The molecule has 122 valence electrons. The largest absolute Gasteiger partial charge is 0.336 e. The summed E-state index contributed by atoms with van der Waals surface area (Å²) in [7, 11) is 0. The van der Waals surface area contributed by atoms with E-state index < -0.39 is 0 Å². The molecule has 2 fully saturated rings. The number of rotatable bonds is 3. The van der Waals surface area contributed by atoms with Gasteiger partial charge in [0.25, 0.3) is 5.91 Å². The molecule has 1 amide bonds. The normalized spacial score (nSPS) is 25.3. The SMILES string of the molecule is CC1CC(CN)CN1C(=O)c1ccc(C2SCCS2)cc1.Cl. The number of halogens is 1. The van der Waals surface area contributed by atoms with E-state index in [9.17, 15) is 4.79 Å². The number of carbonyl (C=O) groups is 1. The van der Waals surface area contributed by atoms with Gasteiger partial charge in [-0.15, -0.1) is 35.9 Å². The molecule has 1 aromatic rings. The first-order chi connectivity index (χ1) is 10.2. The first-order valence-electron chi connectivity index (χ1n) is 7.53. The first-order valence-corrected chi connectivity index (χ1v) is 9.63. The average molecular weight is 359 g/mol. The topological polar surface area (TPSA) is 46.3 Å². The molecule has 2 atom stereocenters. The molecule has 0 saturated carbocycles. The van der Waals surface area contributed by atoms with Crippen LogP contribution in [-0.2, 0) is 0 Å². The van der Waals surface area contributed by atoms with Crippen LogP contribution >= 0.6 is 35.9 Å². The van der Waals surface area contributed by atoms with Crippen molar-refractivity contribution < 1.29 is 4.79 Å². The number of thioether (sulfide) groups is 2. The van der Waals surface area contributed by atoms with Crippen LogP contribution in [0.15, 0.2) is 24.3 Å². The number of nitrogens with two attached hydrogens (primary N) is 1. The van der Waals surface area contributed by atoms with E-state index in [2.05, 4.69) is 19.1 Å². The molecule has 2 unspecified atom stereocenters.